The van der Waals surface area contributed by atoms with Gasteiger partial charge in [-0.05, 0) is 24.1 Å². The van der Waals surface area contributed by atoms with E-state index in [1.54, 1.807) is 18.2 Å². The molecular weight excluding hydrogens is 240 g/mol. The van der Waals surface area contributed by atoms with Gasteiger partial charge in [-0.3, -0.25) is 9.59 Å². The minimum atomic E-state index is -0.472. The van der Waals surface area contributed by atoms with Crippen LogP contribution < -0.4 is 11.1 Å². The number of nitrogens with two attached hydrogens (primary N) is 1. The smallest absolute Gasteiger partial charge is 0.248 e. The highest BCUT2D eigenvalue weighted by Crippen LogP contribution is 2.04. The van der Waals surface area contributed by atoms with Crippen molar-refractivity contribution in [2.75, 3.05) is 5.88 Å². The highest BCUT2D eigenvalue weighted by molar-refractivity contribution is 6.17. The van der Waals surface area contributed by atoms with Crippen LogP contribution in [0, 0.1) is 0 Å². The molecule has 2 amide bonds. The van der Waals surface area contributed by atoms with Crippen molar-refractivity contribution in [3.8, 4) is 0 Å². The fourth-order valence-electron chi connectivity index (χ4n) is 1.35. The van der Waals surface area contributed by atoms with E-state index in [0.717, 1.165) is 5.56 Å². The van der Waals surface area contributed by atoms with Crippen molar-refractivity contribution < 1.29 is 9.59 Å². The SMILES string of the molecule is NC(=O)c1cccc(CNC(=O)CCCCl)c1. The fourth-order valence-corrected chi connectivity index (χ4v) is 1.48. The first-order valence-electron chi connectivity index (χ1n) is 5.35. The summed E-state index contributed by atoms with van der Waals surface area (Å²) in [6.07, 6.45) is 1.08. The Morgan fingerprint density at radius 3 is 2.76 bits per heavy atom. The predicted molar refractivity (Wildman–Crippen MR) is 66.8 cm³/mol. The molecule has 3 N–H and O–H groups in total. The summed E-state index contributed by atoms with van der Waals surface area (Å²) in [5, 5.41) is 2.75. The van der Waals surface area contributed by atoms with Crippen molar-refractivity contribution >= 4 is 23.4 Å². The molecular formula is C12H15ClN2O2. The minimum absolute atomic E-state index is 0.0462. The summed E-state index contributed by atoms with van der Waals surface area (Å²) in [5.74, 6) is -0.0413. The molecule has 0 unspecified atom stereocenters. The van der Waals surface area contributed by atoms with Crippen molar-refractivity contribution in [3.63, 3.8) is 0 Å². The normalized spacial score (nSPS) is 9.94. The molecule has 0 saturated heterocycles. The first kappa shape index (κ1) is 13.5. The van der Waals surface area contributed by atoms with Gasteiger partial charge in [0.1, 0.15) is 0 Å². The zero-order valence-electron chi connectivity index (χ0n) is 9.41. The van der Waals surface area contributed by atoms with Crippen LogP contribution in [-0.4, -0.2) is 17.7 Å². The molecule has 0 spiro atoms. The molecule has 0 aliphatic rings. The van der Waals surface area contributed by atoms with E-state index in [2.05, 4.69) is 5.32 Å². The molecule has 1 rings (SSSR count). The molecule has 0 aromatic heterocycles. The van der Waals surface area contributed by atoms with Gasteiger partial charge in [0.15, 0.2) is 0 Å². The maximum absolute atomic E-state index is 11.3. The lowest BCUT2D eigenvalue weighted by molar-refractivity contribution is -0.121. The summed E-state index contributed by atoms with van der Waals surface area (Å²) in [5.41, 5.74) is 6.45. The average Bonchev–Trinajstić information content (AvgIpc) is 2.34. The largest absolute Gasteiger partial charge is 0.366 e. The molecule has 0 radical (unpaired) electrons. The monoisotopic (exact) mass is 254 g/mol. The van der Waals surface area contributed by atoms with Crippen LogP contribution in [-0.2, 0) is 11.3 Å². The Labute approximate surface area is 105 Å². The maximum Gasteiger partial charge on any atom is 0.248 e. The van der Waals surface area contributed by atoms with Gasteiger partial charge in [0, 0.05) is 24.4 Å². The van der Waals surface area contributed by atoms with Crippen LogP contribution in [0.3, 0.4) is 0 Å². The number of halogens is 1. The summed E-state index contributed by atoms with van der Waals surface area (Å²) >= 11 is 5.49. The Bertz CT molecular complexity index is 407. The van der Waals surface area contributed by atoms with Crippen molar-refractivity contribution in [3.05, 3.63) is 35.4 Å². The molecule has 0 saturated carbocycles. The zero-order chi connectivity index (χ0) is 12.7. The second kappa shape index (κ2) is 6.91. The van der Waals surface area contributed by atoms with Crippen LogP contribution in [0.25, 0.3) is 0 Å². The van der Waals surface area contributed by atoms with Crippen molar-refractivity contribution in [2.45, 2.75) is 19.4 Å². The first-order chi connectivity index (χ1) is 8.13. The summed E-state index contributed by atoms with van der Waals surface area (Å²) < 4.78 is 0. The average molecular weight is 255 g/mol. The number of benzene rings is 1. The van der Waals surface area contributed by atoms with Crippen LogP contribution in [0.4, 0.5) is 0 Å². The Balaban J connectivity index is 2.49. The Morgan fingerprint density at radius 1 is 1.35 bits per heavy atom. The summed E-state index contributed by atoms with van der Waals surface area (Å²) in [6, 6.07) is 6.87. The number of carbonyl (C=O) groups excluding carboxylic acids is 2. The van der Waals surface area contributed by atoms with Gasteiger partial charge in [0.25, 0.3) is 0 Å². The molecule has 0 aliphatic heterocycles. The van der Waals surface area contributed by atoms with Crippen LogP contribution >= 0.6 is 11.6 Å². The number of hydrogen-bond acceptors (Lipinski definition) is 2. The molecule has 17 heavy (non-hydrogen) atoms. The highest BCUT2D eigenvalue weighted by atomic mass is 35.5. The lowest BCUT2D eigenvalue weighted by Gasteiger charge is -2.05. The number of alkyl halides is 1. The number of rotatable bonds is 6. The lowest BCUT2D eigenvalue weighted by Crippen LogP contribution is -2.22. The summed E-state index contributed by atoms with van der Waals surface area (Å²) in [6.45, 7) is 0.391. The Kier molecular flexibility index (Phi) is 5.49. The predicted octanol–water partition coefficient (Wildman–Crippen LogP) is 1.42. The molecule has 0 aliphatic carbocycles. The van der Waals surface area contributed by atoms with E-state index >= 15 is 0 Å². The number of primary amides is 1. The van der Waals surface area contributed by atoms with E-state index in [4.69, 9.17) is 17.3 Å². The van der Waals surface area contributed by atoms with E-state index in [1.807, 2.05) is 6.07 Å². The number of carbonyl (C=O) groups is 2. The number of hydrogen-bond donors (Lipinski definition) is 2. The molecule has 5 heteroatoms. The molecule has 92 valence electrons. The van der Waals surface area contributed by atoms with E-state index in [9.17, 15) is 9.59 Å². The van der Waals surface area contributed by atoms with Crippen molar-refractivity contribution in [1.82, 2.24) is 5.32 Å². The maximum atomic E-state index is 11.3. The van der Waals surface area contributed by atoms with Crippen LogP contribution in [0.15, 0.2) is 24.3 Å². The van der Waals surface area contributed by atoms with Gasteiger partial charge in [-0.2, -0.15) is 0 Å². The van der Waals surface area contributed by atoms with Gasteiger partial charge in [-0.1, -0.05) is 12.1 Å². The first-order valence-corrected chi connectivity index (χ1v) is 5.88. The van der Waals surface area contributed by atoms with Crippen LogP contribution in [0.2, 0.25) is 0 Å². The van der Waals surface area contributed by atoms with E-state index in [1.165, 1.54) is 0 Å². The molecule has 1 aromatic carbocycles. The van der Waals surface area contributed by atoms with E-state index < -0.39 is 5.91 Å². The van der Waals surface area contributed by atoms with Gasteiger partial charge >= 0.3 is 0 Å². The molecule has 0 bridgehead atoms. The Morgan fingerprint density at radius 2 is 2.12 bits per heavy atom. The quantitative estimate of drug-likeness (QED) is 0.754. The molecule has 1 aromatic rings. The minimum Gasteiger partial charge on any atom is -0.366 e. The fraction of sp³-hybridized carbons (Fsp3) is 0.333. The topological polar surface area (TPSA) is 72.2 Å². The highest BCUT2D eigenvalue weighted by Gasteiger charge is 2.03. The zero-order valence-corrected chi connectivity index (χ0v) is 10.2. The second-order valence-corrected chi connectivity index (χ2v) is 4.01. The lowest BCUT2D eigenvalue weighted by atomic mass is 10.1. The van der Waals surface area contributed by atoms with E-state index in [-0.39, 0.29) is 5.91 Å². The van der Waals surface area contributed by atoms with E-state index in [0.29, 0.717) is 30.8 Å². The summed E-state index contributed by atoms with van der Waals surface area (Å²) in [4.78, 5) is 22.3. The van der Waals surface area contributed by atoms with Crippen LogP contribution in [0.1, 0.15) is 28.8 Å². The third kappa shape index (κ3) is 4.87. The van der Waals surface area contributed by atoms with Crippen LogP contribution in [0.5, 0.6) is 0 Å². The van der Waals surface area contributed by atoms with Gasteiger partial charge in [0.05, 0.1) is 0 Å². The van der Waals surface area contributed by atoms with Gasteiger partial charge in [-0.25, -0.2) is 0 Å². The van der Waals surface area contributed by atoms with Gasteiger partial charge < -0.3 is 11.1 Å². The second-order valence-electron chi connectivity index (χ2n) is 3.63. The molecule has 4 nitrogen and oxygen atoms in total. The number of nitrogens with one attached hydrogen (secondary N) is 1. The Hall–Kier alpha value is -1.55. The van der Waals surface area contributed by atoms with Crippen molar-refractivity contribution in [1.29, 1.82) is 0 Å². The molecule has 0 atom stereocenters. The summed E-state index contributed by atoms with van der Waals surface area (Å²) in [7, 11) is 0. The molecule has 0 fully saturated rings. The van der Waals surface area contributed by atoms with Crippen molar-refractivity contribution in [2.24, 2.45) is 5.73 Å². The standard InChI is InChI=1S/C12H15ClN2O2/c13-6-2-5-11(16)15-8-9-3-1-4-10(7-9)12(14)17/h1,3-4,7H,2,5-6,8H2,(H2,14,17)(H,15,16). The molecule has 0 heterocycles. The third-order valence-corrected chi connectivity index (χ3v) is 2.51. The van der Waals surface area contributed by atoms with Gasteiger partial charge in [-0.15, -0.1) is 11.6 Å². The number of amides is 2. The van der Waals surface area contributed by atoms with Gasteiger partial charge in [0.2, 0.25) is 11.8 Å². The third-order valence-electron chi connectivity index (χ3n) is 2.24.